The Balaban J connectivity index is 1.75. The summed E-state index contributed by atoms with van der Waals surface area (Å²) in [6, 6.07) is 15.1. The van der Waals surface area contributed by atoms with Gasteiger partial charge in [0.05, 0.1) is 28.1 Å². The van der Waals surface area contributed by atoms with Gasteiger partial charge in [-0.15, -0.1) is 11.3 Å². The van der Waals surface area contributed by atoms with E-state index in [4.69, 9.17) is 5.73 Å². The highest BCUT2D eigenvalue weighted by Crippen LogP contribution is 2.22. The van der Waals surface area contributed by atoms with E-state index in [1.165, 1.54) is 11.3 Å². The predicted molar refractivity (Wildman–Crippen MR) is 83.3 cm³/mol. The molecule has 5 heteroatoms. The van der Waals surface area contributed by atoms with Gasteiger partial charge in [0.1, 0.15) is 0 Å². The highest BCUT2D eigenvalue weighted by molar-refractivity contribution is 7.20. The first-order valence-corrected chi connectivity index (χ1v) is 7.03. The van der Waals surface area contributed by atoms with Crippen LogP contribution in [0.2, 0.25) is 0 Å². The van der Waals surface area contributed by atoms with Crippen molar-refractivity contribution in [2.75, 3.05) is 17.6 Å². The molecule has 0 saturated carbocycles. The zero-order valence-corrected chi connectivity index (χ0v) is 11.5. The van der Waals surface area contributed by atoms with E-state index in [-0.39, 0.29) is 12.3 Å². The summed E-state index contributed by atoms with van der Waals surface area (Å²) in [4.78, 5) is 16.5. The van der Waals surface area contributed by atoms with E-state index in [1.54, 1.807) is 6.07 Å². The number of Topliss-reactive ketones (excluding diaryl/α,β-unsaturated/α-hetero) is 1. The number of nitrogens with zero attached hydrogens (tertiary/aromatic N) is 1. The van der Waals surface area contributed by atoms with Crippen molar-refractivity contribution in [3.8, 4) is 0 Å². The van der Waals surface area contributed by atoms with Crippen LogP contribution >= 0.6 is 11.3 Å². The number of ketones is 1. The van der Waals surface area contributed by atoms with Crippen LogP contribution in [-0.4, -0.2) is 17.3 Å². The van der Waals surface area contributed by atoms with Crippen LogP contribution < -0.4 is 11.1 Å². The Labute approximate surface area is 120 Å². The number of anilines is 2. The van der Waals surface area contributed by atoms with E-state index < -0.39 is 0 Å². The minimum Gasteiger partial charge on any atom is -0.397 e. The fourth-order valence-corrected chi connectivity index (χ4v) is 2.80. The number of aromatic nitrogens is 1. The highest BCUT2D eigenvalue weighted by atomic mass is 32.1. The summed E-state index contributed by atoms with van der Waals surface area (Å²) < 4.78 is 1.02. The molecular weight excluding hydrogens is 270 g/mol. The number of nitrogens with one attached hydrogen (secondary N) is 1. The second-order valence-corrected chi connectivity index (χ2v) is 5.38. The lowest BCUT2D eigenvalue weighted by Gasteiger charge is -2.06. The van der Waals surface area contributed by atoms with Crippen molar-refractivity contribution in [3.05, 3.63) is 53.5 Å². The van der Waals surface area contributed by atoms with E-state index in [0.29, 0.717) is 10.7 Å². The van der Waals surface area contributed by atoms with Crippen molar-refractivity contribution in [2.24, 2.45) is 0 Å². The highest BCUT2D eigenvalue weighted by Gasteiger charge is 2.12. The van der Waals surface area contributed by atoms with E-state index in [9.17, 15) is 4.79 Å². The van der Waals surface area contributed by atoms with Crippen LogP contribution in [0.4, 0.5) is 11.4 Å². The van der Waals surface area contributed by atoms with Crippen LogP contribution in [0, 0.1) is 0 Å². The van der Waals surface area contributed by atoms with Gasteiger partial charge in [-0.25, -0.2) is 4.98 Å². The molecule has 0 aliphatic heterocycles. The summed E-state index contributed by atoms with van der Waals surface area (Å²) in [6.07, 6.45) is 0. The van der Waals surface area contributed by atoms with E-state index in [1.807, 2.05) is 42.5 Å². The first kappa shape index (κ1) is 12.6. The van der Waals surface area contributed by atoms with Crippen molar-refractivity contribution in [3.63, 3.8) is 0 Å². The number of rotatable bonds is 4. The van der Waals surface area contributed by atoms with Crippen LogP contribution in [0.25, 0.3) is 10.2 Å². The van der Waals surface area contributed by atoms with Crippen LogP contribution in [0.15, 0.2) is 48.5 Å². The quantitative estimate of drug-likeness (QED) is 0.570. The number of thiazole rings is 1. The van der Waals surface area contributed by atoms with E-state index >= 15 is 0 Å². The maximum absolute atomic E-state index is 12.1. The van der Waals surface area contributed by atoms with Crippen LogP contribution in [0.5, 0.6) is 0 Å². The lowest BCUT2D eigenvalue weighted by Crippen LogP contribution is -2.14. The molecule has 0 radical (unpaired) electrons. The molecule has 3 rings (SSSR count). The van der Waals surface area contributed by atoms with Crippen LogP contribution in [0.1, 0.15) is 9.80 Å². The Hall–Kier alpha value is -2.40. The number of carbonyl (C=O) groups excluding carboxylic acids is 1. The zero-order valence-electron chi connectivity index (χ0n) is 10.7. The number of nitrogens with two attached hydrogens (primary N) is 1. The number of hydrogen-bond acceptors (Lipinski definition) is 5. The monoisotopic (exact) mass is 283 g/mol. The zero-order chi connectivity index (χ0) is 13.9. The average Bonchev–Trinajstić information content (AvgIpc) is 2.90. The molecule has 0 fully saturated rings. The SMILES string of the molecule is Nc1ccccc1NCC(=O)c1nc2ccccc2s1. The van der Waals surface area contributed by atoms with Crippen molar-refractivity contribution in [1.82, 2.24) is 4.98 Å². The summed E-state index contributed by atoms with van der Waals surface area (Å²) >= 11 is 1.41. The van der Waals surface area contributed by atoms with Gasteiger partial charge in [-0.1, -0.05) is 24.3 Å². The molecule has 0 atom stereocenters. The maximum Gasteiger partial charge on any atom is 0.210 e. The lowest BCUT2D eigenvalue weighted by molar-refractivity contribution is 0.101. The van der Waals surface area contributed by atoms with Crippen LogP contribution in [-0.2, 0) is 0 Å². The second-order valence-electron chi connectivity index (χ2n) is 4.35. The molecule has 3 N–H and O–H groups in total. The molecule has 0 spiro atoms. The van der Waals surface area contributed by atoms with Gasteiger partial charge in [0.25, 0.3) is 0 Å². The van der Waals surface area contributed by atoms with Gasteiger partial charge in [0.2, 0.25) is 5.78 Å². The fourth-order valence-electron chi connectivity index (χ4n) is 1.90. The maximum atomic E-state index is 12.1. The van der Waals surface area contributed by atoms with Crippen molar-refractivity contribution < 1.29 is 4.79 Å². The molecule has 3 aromatic rings. The summed E-state index contributed by atoms with van der Waals surface area (Å²) in [5, 5.41) is 3.57. The number of para-hydroxylation sites is 3. The van der Waals surface area contributed by atoms with Crippen molar-refractivity contribution in [2.45, 2.75) is 0 Å². The molecule has 100 valence electrons. The third kappa shape index (κ3) is 2.48. The Morgan fingerprint density at radius 2 is 1.90 bits per heavy atom. The van der Waals surface area contributed by atoms with Gasteiger partial charge in [0.15, 0.2) is 5.01 Å². The van der Waals surface area contributed by atoms with E-state index in [2.05, 4.69) is 10.3 Å². The summed E-state index contributed by atoms with van der Waals surface area (Å²) in [5.74, 6) is -0.0329. The van der Waals surface area contributed by atoms with Gasteiger partial charge in [-0.3, -0.25) is 4.79 Å². The minimum atomic E-state index is -0.0329. The largest absolute Gasteiger partial charge is 0.397 e. The first-order valence-electron chi connectivity index (χ1n) is 6.21. The minimum absolute atomic E-state index is 0.0329. The molecule has 0 amide bonds. The molecule has 2 aromatic carbocycles. The first-order chi connectivity index (χ1) is 9.74. The Morgan fingerprint density at radius 1 is 1.15 bits per heavy atom. The van der Waals surface area contributed by atoms with Gasteiger partial charge in [-0.05, 0) is 24.3 Å². The van der Waals surface area contributed by atoms with Gasteiger partial charge < -0.3 is 11.1 Å². The molecule has 20 heavy (non-hydrogen) atoms. The molecule has 0 aliphatic rings. The normalized spacial score (nSPS) is 10.6. The number of hydrogen-bond donors (Lipinski definition) is 2. The number of nitrogen functional groups attached to an aromatic ring is 1. The smallest absolute Gasteiger partial charge is 0.210 e. The molecular formula is C15H13N3OS. The van der Waals surface area contributed by atoms with Crippen molar-refractivity contribution >= 4 is 38.7 Å². The molecule has 0 aliphatic carbocycles. The second kappa shape index (κ2) is 5.30. The number of carbonyl (C=O) groups is 1. The average molecular weight is 283 g/mol. The predicted octanol–water partition coefficient (Wildman–Crippen LogP) is 3.17. The summed E-state index contributed by atoms with van der Waals surface area (Å²) in [5.41, 5.74) is 8.08. The third-order valence-electron chi connectivity index (χ3n) is 2.93. The third-order valence-corrected chi connectivity index (χ3v) is 4.01. The molecule has 0 saturated heterocycles. The van der Waals surface area contributed by atoms with Crippen molar-refractivity contribution in [1.29, 1.82) is 0 Å². The standard InChI is InChI=1S/C15H13N3OS/c16-10-5-1-2-6-11(10)17-9-13(19)15-18-12-7-3-4-8-14(12)20-15/h1-8,17H,9,16H2. The number of benzene rings is 2. The number of fused-ring (bicyclic) bond motifs is 1. The van der Waals surface area contributed by atoms with E-state index in [0.717, 1.165) is 15.9 Å². The van der Waals surface area contributed by atoms with Gasteiger partial charge in [-0.2, -0.15) is 0 Å². The Morgan fingerprint density at radius 3 is 2.70 bits per heavy atom. The van der Waals surface area contributed by atoms with Gasteiger partial charge >= 0.3 is 0 Å². The molecule has 1 heterocycles. The molecule has 1 aromatic heterocycles. The Bertz CT molecular complexity index is 733. The lowest BCUT2D eigenvalue weighted by atomic mass is 10.2. The molecule has 0 bridgehead atoms. The Kier molecular flexibility index (Phi) is 3.35. The van der Waals surface area contributed by atoms with Gasteiger partial charge in [0, 0.05) is 0 Å². The topological polar surface area (TPSA) is 68.0 Å². The summed E-state index contributed by atoms with van der Waals surface area (Å²) in [7, 11) is 0. The van der Waals surface area contributed by atoms with Crippen LogP contribution in [0.3, 0.4) is 0 Å². The fraction of sp³-hybridized carbons (Fsp3) is 0.0667. The molecule has 4 nitrogen and oxygen atoms in total. The molecule has 0 unspecified atom stereocenters. The summed E-state index contributed by atoms with van der Waals surface area (Å²) in [6.45, 7) is 0.189.